The topological polar surface area (TPSA) is 26.3 Å². The van der Waals surface area contributed by atoms with E-state index in [1.54, 1.807) is 12.1 Å². The first-order valence-electron chi connectivity index (χ1n) is 3.44. The zero-order valence-corrected chi connectivity index (χ0v) is 7.14. The Morgan fingerprint density at radius 2 is 1.92 bits per heavy atom. The van der Waals surface area contributed by atoms with Crippen LogP contribution in [-0.4, -0.2) is 29.7 Å². The van der Waals surface area contributed by atoms with E-state index in [-0.39, 0.29) is 18.9 Å². The first kappa shape index (κ1) is 11.9. The molecule has 0 saturated carbocycles. The number of hydrogen-bond donors (Lipinski definition) is 0. The molecule has 1 atom stereocenters. The van der Waals surface area contributed by atoms with Gasteiger partial charge in [-0.2, -0.15) is 0 Å². The molecule has 1 rings (SSSR count). The maximum atomic E-state index is 11.1. The molecule has 0 fully saturated rings. The van der Waals surface area contributed by atoms with Crippen LogP contribution in [0.3, 0.4) is 0 Å². The zero-order chi connectivity index (χ0) is 8.10. The van der Waals surface area contributed by atoms with E-state index in [2.05, 4.69) is 0 Å². The summed E-state index contributed by atoms with van der Waals surface area (Å²) in [4.78, 5) is 0.717. The molecule has 0 N–H and O–H groups in total. The van der Waals surface area contributed by atoms with E-state index in [1.165, 1.54) is 0 Å². The van der Waals surface area contributed by atoms with Crippen LogP contribution in [0.25, 0.3) is 0 Å². The molecular formula is C8H11LiO2S. The molecule has 62 valence electrons. The summed E-state index contributed by atoms with van der Waals surface area (Å²) >= 11 is -1.28. The maximum absolute atomic E-state index is 11.1. The van der Waals surface area contributed by atoms with Gasteiger partial charge in [0.1, 0.15) is 0 Å². The van der Waals surface area contributed by atoms with Crippen molar-refractivity contribution >= 4 is 29.9 Å². The van der Waals surface area contributed by atoms with Crippen LogP contribution in [0.1, 0.15) is 6.92 Å². The fourth-order valence-electron chi connectivity index (χ4n) is 0.707. The van der Waals surface area contributed by atoms with E-state index in [4.69, 9.17) is 4.18 Å². The Balaban J connectivity index is 0.00000121. The van der Waals surface area contributed by atoms with Gasteiger partial charge in [-0.1, -0.05) is 18.2 Å². The third-order valence-corrected chi connectivity index (χ3v) is 2.27. The third-order valence-electron chi connectivity index (χ3n) is 1.16. The monoisotopic (exact) mass is 178 g/mol. The van der Waals surface area contributed by atoms with Crippen molar-refractivity contribution in [3.63, 3.8) is 0 Å². The van der Waals surface area contributed by atoms with E-state index in [1.807, 2.05) is 25.1 Å². The molecule has 0 amide bonds. The molecule has 4 heteroatoms. The fraction of sp³-hybridized carbons (Fsp3) is 0.250. The van der Waals surface area contributed by atoms with Gasteiger partial charge >= 0.3 is 18.9 Å². The van der Waals surface area contributed by atoms with Gasteiger partial charge in [0.15, 0.2) is 11.1 Å². The normalized spacial score (nSPS) is 11.8. The van der Waals surface area contributed by atoms with Crippen molar-refractivity contribution in [3.05, 3.63) is 30.3 Å². The van der Waals surface area contributed by atoms with Crippen LogP contribution >= 0.6 is 0 Å². The van der Waals surface area contributed by atoms with Gasteiger partial charge in [0.25, 0.3) is 0 Å². The Hall–Kier alpha value is -0.0726. The molecule has 0 bridgehead atoms. The Morgan fingerprint density at radius 1 is 1.33 bits per heavy atom. The van der Waals surface area contributed by atoms with Crippen molar-refractivity contribution in [1.82, 2.24) is 0 Å². The van der Waals surface area contributed by atoms with E-state index in [9.17, 15) is 4.21 Å². The van der Waals surface area contributed by atoms with Crippen molar-refractivity contribution < 1.29 is 8.39 Å². The van der Waals surface area contributed by atoms with Gasteiger partial charge in [-0.05, 0) is 19.1 Å². The molecule has 0 aliphatic carbocycles. The third kappa shape index (κ3) is 3.55. The standard InChI is InChI=1S/C8H10O2S.Li.H/c1-2-10-11(9)8-6-4-3-5-7-8;;/h3-7H,2H2,1H3;;. The molecule has 1 aromatic rings. The molecule has 0 aromatic heterocycles. The van der Waals surface area contributed by atoms with Crippen LogP contribution in [0.15, 0.2) is 35.2 Å². The second-order valence-corrected chi connectivity index (χ2v) is 3.13. The molecule has 0 heterocycles. The summed E-state index contributed by atoms with van der Waals surface area (Å²) in [5.41, 5.74) is 0. The van der Waals surface area contributed by atoms with Gasteiger partial charge in [0, 0.05) is 0 Å². The van der Waals surface area contributed by atoms with Gasteiger partial charge in [-0.25, -0.2) is 4.21 Å². The van der Waals surface area contributed by atoms with Gasteiger partial charge in [-0.15, -0.1) is 0 Å². The summed E-state index contributed by atoms with van der Waals surface area (Å²) in [5, 5.41) is 0. The first-order valence-corrected chi connectivity index (χ1v) is 4.52. The van der Waals surface area contributed by atoms with Gasteiger partial charge in [0.2, 0.25) is 0 Å². The van der Waals surface area contributed by atoms with Crippen LogP contribution in [0.2, 0.25) is 0 Å². The number of rotatable bonds is 3. The fourth-order valence-corrected chi connectivity index (χ4v) is 1.44. The molecule has 2 nitrogen and oxygen atoms in total. The summed E-state index contributed by atoms with van der Waals surface area (Å²) in [6.07, 6.45) is 0. The van der Waals surface area contributed by atoms with Gasteiger partial charge in [-0.3, -0.25) is 4.18 Å². The van der Waals surface area contributed by atoms with Gasteiger partial charge in [0.05, 0.1) is 11.5 Å². The summed E-state index contributed by atoms with van der Waals surface area (Å²) in [6, 6.07) is 9.13. The Labute approximate surface area is 87.2 Å². The molecule has 1 unspecified atom stereocenters. The van der Waals surface area contributed by atoms with Crippen molar-refractivity contribution in [3.8, 4) is 0 Å². The zero-order valence-electron chi connectivity index (χ0n) is 6.32. The molecule has 0 spiro atoms. The minimum atomic E-state index is -1.28. The SMILES string of the molecule is CCOS(=O)c1ccccc1.[LiH]. The Kier molecular flexibility index (Phi) is 6.41. The van der Waals surface area contributed by atoms with Crippen LogP contribution < -0.4 is 0 Å². The molecule has 0 radical (unpaired) electrons. The van der Waals surface area contributed by atoms with Crippen LogP contribution in [-0.2, 0) is 15.3 Å². The number of benzene rings is 1. The van der Waals surface area contributed by atoms with Crippen molar-refractivity contribution in [2.45, 2.75) is 11.8 Å². The summed E-state index contributed by atoms with van der Waals surface area (Å²) in [6.45, 7) is 2.29. The second kappa shape index (κ2) is 6.44. The predicted molar refractivity (Wildman–Crippen MR) is 51.6 cm³/mol. The average Bonchev–Trinajstić information content (AvgIpc) is 2.07. The quantitative estimate of drug-likeness (QED) is 0.648. The van der Waals surface area contributed by atoms with E-state index >= 15 is 0 Å². The second-order valence-electron chi connectivity index (χ2n) is 1.95. The molecule has 0 aliphatic heterocycles. The predicted octanol–water partition coefficient (Wildman–Crippen LogP) is 1.10. The van der Waals surface area contributed by atoms with Gasteiger partial charge < -0.3 is 0 Å². The molecule has 0 saturated heterocycles. The van der Waals surface area contributed by atoms with Crippen LogP contribution in [0, 0.1) is 0 Å². The van der Waals surface area contributed by atoms with Crippen molar-refractivity contribution in [1.29, 1.82) is 0 Å². The van der Waals surface area contributed by atoms with Crippen LogP contribution in [0.5, 0.6) is 0 Å². The summed E-state index contributed by atoms with van der Waals surface area (Å²) in [7, 11) is 0. The van der Waals surface area contributed by atoms with E-state index in [0.29, 0.717) is 11.5 Å². The van der Waals surface area contributed by atoms with Crippen LogP contribution in [0.4, 0.5) is 0 Å². The molecule has 1 aromatic carbocycles. The van der Waals surface area contributed by atoms with E-state index in [0.717, 1.165) is 0 Å². The molecular weight excluding hydrogens is 167 g/mol. The first-order chi connectivity index (χ1) is 5.34. The number of hydrogen-bond acceptors (Lipinski definition) is 2. The summed E-state index contributed by atoms with van der Waals surface area (Å²) in [5.74, 6) is 0. The minimum absolute atomic E-state index is 0. The molecule has 12 heavy (non-hydrogen) atoms. The molecule has 0 aliphatic rings. The van der Waals surface area contributed by atoms with Crippen molar-refractivity contribution in [2.75, 3.05) is 6.61 Å². The summed E-state index contributed by atoms with van der Waals surface area (Å²) < 4.78 is 16.0. The van der Waals surface area contributed by atoms with E-state index < -0.39 is 11.1 Å². The Bertz CT molecular complexity index is 238. The van der Waals surface area contributed by atoms with Crippen molar-refractivity contribution in [2.24, 2.45) is 0 Å². The average molecular weight is 178 g/mol. The Morgan fingerprint density at radius 3 is 2.42 bits per heavy atom.